The van der Waals surface area contributed by atoms with E-state index in [0.717, 1.165) is 16.8 Å². The predicted octanol–water partition coefficient (Wildman–Crippen LogP) is 4.16. The van der Waals surface area contributed by atoms with E-state index in [2.05, 4.69) is 21.6 Å². The molecule has 0 fully saturated rings. The van der Waals surface area contributed by atoms with Crippen LogP contribution in [0, 0.1) is 13.8 Å². The molecular formula is C20H23ClN4O2S. The molecule has 3 rings (SSSR count). The van der Waals surface area contributed by atoms with Gasteiger partial charge in [0.15, 0.2) is 0 Å². The summed E-state index contributed by atoms with van der Waals surface area (Å²) in [4.78, 5) is 0. The number of nitrogens with zero attached hydrogens (tertiary/aromatic N) is 4. The van der Waals surface area contributed by atoms with Gasteiger partial charge < -0.3 is 9.84 Å². The van der Waals surface area contributed by atoms with Crippen LogP contribution in [-0.2, 0) is 4.74 Å². The Balaban J connectivity index is 1.54. The van der Waals surface area contributed by atoms with Crippen LogP contribution in [0.1, 0.15) is 29.7 Å². The van der Waals surface area contributed by atoms with Crippen molar-refractivity contribution in [3.63, 3.8) is 0 Å². The second kappa shape index (κ2) is 9.52. The van der Waals surface area contributed by atoms with E-state index < -0.39 is 6.10 Å². The molecule has 1 aromatic heterocycles. The molecule has 0 unspecified atom stereocenters. The van der Waals surface area contributed by atoms with Gasteiger partial charge in [-0.2, -0.15) is 4.68 Å². The molecule has 0 radical (unpaired) electrons. The highest BCUT2D eigenvalue weighted by atomic mass is 35.5. The maximum atomic E-state index is 10.3. The first-order valence-electron chi connectivity index (χ1n) is 8.98. The van der Waals surface area contributed by atoms with Gasteiger partial charge in [-0.15, -0.1) is 5.10 Å². The van der Waals surface area contributed by atoms with Crippen molar-refractivity contribution >= 4 is 23.4 Å². The second-order valence-corrected chi connectivity index (χ2v) is 8.08. The quantitative estimate of drug-likeness (QED) is 0.553. The van der Waals surface area contributed by atoms with E-state index in [1.165, 1.54) is 17.3 Å². The van der Waals surface area contributed by atoms with Crippen LogP contribution in [0.3, 0.4) is 0 Å². The zero-order chi connectivity index (χ0) is 20.1. The summed E-state index contributed by atoms with van der Waals surface area (Å²) in [5.74, 6) is 0.429. The van der Waals surface area contributed by atoms with Crippen molar-refractivity contribution in [2.75, 3.05) is 12.4 Å². The molecular weight excluding hydrogens is 396 g/mol. The number of ether oxygens (including phenoxy) is 1. The smallest absolute Gasteiger partial charge is 0.214 e. The minimum absolute atomic E-state index is 0.127. The summed E-state index contributed by atoms with van der Waals surface area (Å²) in [6.45, 7) is 6.25. The number of benzene rings is 2. The van der Waals surface area contributed by atoms with Crippen molar-refractivity contribution in [1.82, 2.24) is 20.2 Å². The van der Waals surface area contributed by atoms with E-state index in [9.17, 15) is 5.11 Å². The molecule has 148 valence electrons. The van der Waals surface area contributed by atoms with Gasteiger partial charge in [0.2, 0.25) is 5.16 Å². The molecule has 0 saturated heterocycles. The van der Waals surface area contributed by atoms with Crippen LogP contribution in [0.5, 0.6) is 0 Å². The summed E-state index contributed by atoms with van der Waals surface area (Å²) in [6, 6.07) is 13.6. The Morgan fingerprint density at radius 2 is 1.93 bits per heavy atom. The fourth-order valence-corrected chi connectivity index (χ4v) is 3.68. The maximum absolute atomic E-state index is 10.3. The molecule has 0 spiro atoms. The van der Waals surface area contributed by atoms with Crippen LogP contribution < -0.4 is 0 Å². The number of halogens is 1. The van der Waals surface area contributed by atoms with E-state index in [-0.39, 0.29) is 12.7 Å². The highest BCUT2D eigenvalue weighted by molar-refractivity contribution is 7.99. The minimum atomic E-state index is -0.635. The van der Waals surface area contributed by atoms with Crippen LogP contribution in [0.2, 0.25) is 5.02 Å². The van der Waals surface area contributed by atoms with Gasteiger partial charge in [0.1, 0.15) is 0 Å². The van der Waals surface area contributed by atoms with E-state index >= 15 is 0 Å². The first-order valence-corrected chi connectivity index (χ1v) is 10.3. The Kier molecular flexibility index (Phi) is 7.07. The molecule has 6 nitrogen and oxygen atoms in total. The van der Waals surface area contributed by atoms with Crippen LogP contribution in [0.4, 0.5) is 0 Å². The second-order valence-electron chi connectivity index (χ2n) is 6.66. The third kappa shape index (κ3) is 5.32. The average Bonchev–Trinajstić information content (AvgIpc) is 3.13. The zero-order valence-electron chi connectivity index (χ0n) is 16.0. The number of hydrogen-bond acceptors (Lipinski definition) is 6. The largest absolute Gasteiger partial charge is 0.390 e. The van der Waals surface area contributed by atoms with Gasteiger partial charge >= 0.3 is 0 Å². The molecule has 0 amide bonds. The Morgan fingerprint density at radius 1 is 1.18 bits per heavy atom. The van der Waals surface area contributed by atoms with Crippen molar-refractivity contribution in [1.29, 1.82) is 0 Å². The van der Waals surface area contributed by atoms with Crippen LogP contribution in [0.15, 0.2) is 47.6 Å². The normalized spacial score (nSPS) is 13.5. The molecule has 0 aliphatic carbocycles. The predicted molar refractivity (Wildman–Crippen MR) is 111 cm³/mol. The number of thioether (sulfide) groups is 1. The van der Waals surface area contributed by atoms with Gasteiger partial charge in [0.25, 0.3) is 0 Å². The number of aryl methyl sites for hydroxylation is 2. The number of hydrogen-bond donors (Lipinski definition) is 1. The average molecular weight is 419 g/mol. The lowest BCUT2D eigenvalue weighted by molar-refractivity contribution is 0.00621. The number of aromatic nitrogens is 4. The molecule has 8 heteroatoms. The molecule has 1 heterocycles. The summed E-state index contributed by atoms with van der Waals surface area (Å²) in [5.41, 5.74) is 4.23. The number of aliphatic hydroxyl groups is 1. The number of tetrazole rings is 1. The van der Waals surface area contributed by atoms with Gasteiger partial charge in [-0.3, -0.25) is 0 Å². The fourth-order valence-electron chi connectivity index (χ4n) is 2.77. The highest BCUT2D eigenvalue weighted by Crippen LogP contribution is 2.23. The van der Waals surface area contributed by atoms with Gasteiger partial charge in [-0.25, -0.2) is 0 Å². The van der Waals surface area contributed by atoms with Crippen LogP contribution >= 0.6 is 23.4 Å². The van der Waals surface area contributed by atoms with Crippen molar-refractivity contribution in [2.24, 2.45) is 0 Å². The summed E-state index contributed by atoms with van der Waals surface area (Å²) >= 11 is 7.31. The summed E-state index contributed by atoms with van der Waals surface area (Å²) < 4.78 is 7.48. The van der Waals surface area contributed by atoms with E-state index in [1.807, 2.05) is 57.2 Å². The molecule has 2 aromatic carbocycles. The zero-order valence-corrected chi connectivity index (χ0v) is 17.6. The Labute approximate surface area is 173 Å². The topological polar surface area (TPSA) is 73.1 Å². The molecule has 2 atom stereocenters. The highest BCUT2D eigenvalue weighted by Gasteiger charge is 2.15. The van der Waals surface area contributed by atoms with Crippen LogP contribution in [0.25, 0.3) is 5.69 Å². The Morgan fingerprint density at radius 3 is 2.64 bits per heavy atom. The van der Waals surface area contributed by atoms with Gasteiger partial charge in [-0.1, -0.05) is 53.2 Å². The van der Waals surface area contributed by atoms with E-state index in [1.54, 1.807) is 4.68 Å². The summed E-state index contributed by atoms with van der Waals surface area (Å²) in [5, 5.41) is 23.6. The van der Waals surface area contributed by atoms with Crippen molar-refractivity contribution in [3.05, 3.63) is 64.2 Å². The van der Waals surface area contributed by atoms with Gasteiger partial charge in [0, 0.05) is 10.8 Å². The molecule has 0 aliphatic heterocycles. The Bertz CT molecular complexity index is 917. The van der Waals surface area contributed by atoms with Crippen molar-refractivity contribution in [2.45, 2.75) is 38.1 Å². The lowest BCUT2D eigenvalue weighted by Gasteiger charge is -2.16. The molecule has 3 aromatic rings. The SMILES string of the molecule is Cc1ccc(-n2nnnc2SC[C@@H](O)CO[C@@H](C)c2ccc(Cl)cc2)c(C)c1. The Hall–Kier alpha value is -1.93. The first-order chi connectivity index (χ1) is 13.4. The molecule has 28 heavy (non-hydrogen) atoms. The standard InChI is InChI=1S/C20H23ClN4O2S/c1-13-4-9-19(14(2)10-13)25-20(22-23-24-25)28-12-18(26)11-27-15(3)16-5-7-17(21)8-6-16/h4-10,15,18,26H,11-12H2,1-3H3/t15-,18-/m0/s1. The van der Waals surface area contributed by atoms with Gasteiger partial charge in [-0.05, 0) is 60.5 Å². The van der Waals surface area contributed by atoms with Gasteiger partial charge in [0.05, 0.1) is 24.5 Å². The lowest BCUT2D eigenvalue weighted by atomic mass is 10.1. The molecule has 0 aliphatic rings. The minimum Gasteiger partial charge on any atom is -0.390 e. The van der Waals surface area contributed by atoms with E-state index in [4.69, 9.17) is 16.3 Å². The van der Waals surface area contributed by atoms with E-state index in [0.29, 0.717) is 15.9 Å². The van der Waals surface area contributed by atoms with Crippen molar-refractivity contribution < 1.29 is 9.84 Å². The fraction of sp³-hybridized carbons (Fsp3) is 0.350. The third-order valence-corrected chi connectivity index (χ3v) is 5.62. The monoisotopic (exact) mass is 418 g/mol. The van der Waals surface area contributed by atoms with Crippen LogP contribution in [-0.4, -0.2) is 43.8 Å². The summed E-state index contributed by atoms with van der Waals surface area (Å²) in [7, 11) is 0. The number of aliphatic hydroxyl groups excluding tert-OH is 1. The molecule has 0 bridgehead atoms. The lowest BCUT2D eigenvalue weighted by Crippen LogP contribution is -2.19. The maximum Gasteiger partial charge on any atom is 0.214 e. The van der Waals surface area contributed by atoms with Crippen molar-refractivity contribution in [3.8, 4) is 5.69 Å². The first kappa shape index (κ1) is 20.8. The molecule has 0 saturated carbocycles. The molecule has 1 N–H and O–H groups in total. The third-order valence-electron chi connectivity index (χ3n) is 4.30. The summed E-state index contributed by atoms with van der Waals surface area (Å²) in [6.07, 6.45) is -0.763. The number of rotatable bonds is 8.